The van der Waals surface area contributed by atoms with Gasteiger partial charge in [-0.25, -0.2) is 18.2 Å². The average molecular weight is 548 g/mol. The SMILES string of the molecule is COC[C@H](C)Oc1cc(Oc2ccc(S(C)(=O)=O)nc2)cc(-c2ccc(C(=O)N(C)C(CO)C(=O)O)[nH]2)c1. The van der Waals surface area contributed by atoms with Crippen LogP contribution >= 0.6 is 0 Å². The number of likely N-dealkylation sites (N-methyl/N-ethyl adjacent to an activating group) is 1. The number of carboxylic acid groups (broad SMARTS) is 1. The predicted molar refractivity (Wildman–Crippen MR) is 136 cm³/mol. The molecule has 0 saturated heterocycles. The third kappa shape index (κ3) is 7.09. The highest BCUT2D eigenvalue weighted by Gasteiger charge is 2.27. The number of aliphatic hydroxyl groups is 1. The molecule has 2 atom stereocenters. The van der Waals surface area contributed by atoms with Crippen LogP contribution in [-0.4, -0.2) is 91.1 Å². The number of ether oxygens (including phenoxy) is 3. The van der Waals surface area contributed by atoms with Gasteiger partial charge in [-0.15, -0.1) is 0 Å². The molecule has 2 heterocycles. The molecular weight excluding hydrogens is 518 g/mol. The van der Waals surface area contributed by atoms with Crippen LogP contribution in [0.5, 0.6) is 17.2 Å². The van der Waals surface area contributed by atoms with Gasteiger partial charge >= 0.3 is 5.97 Å². The van der Waals surface area contributed by atoms with Crippen LogP contribution in [0.2, 0.25) is 0 Å². The average Bonchev–Trinajstić information content (AvgIpc) is 3.34. The quantitative estimate of drug-likeness (QED) is 0.306. The number of amides is 1. The van der Waals surface area contributed by atoms with Crippen molar-refractivity contribution >= 4 is 21.7 Å². The predicted octanol–water partition coefficient (Wildman–Crippen LogP) is 2.20. The van der Waals surface area contributed by atoms with E-state index in [1.165, 1.54) is 31.4 Å². The number of hydrogen-bond donors (Lipinski definition) is 3. The van der Waals surface area contributed by atoms with E-state index < -0.39 is 34.4 Å². The van der Waals surface area contributed by atoms with E-state index in [2.05, 4.69) is 9.97 Å². The van der Waals surface area contributed by atoms with Gasteiger partial charge in [-0.2, -0.15) is 0 Å². The Labute approximate surface area is 219 Å². The highest BCUT2D eigenvalue weighted by atomic mass is 32.2. The number of methoxy groups -OCH3 is 1. The van der Waals surface area contributed by atoms with Gasteiger partial charge in [-0.3, -0.25) is 4.79 Å². The molecule has 1 unspecified atom stereocenters. The van der Waals surface area contributed by atoms with Crippen LogP contribution in [0.1, 0.15) is 17.4 Å². The number of aromatic nitrogens is 2. The van der Waals surface area contributed by atoms with Crippen LogP contribution in [0.15, 0.2) is 53.7 Å². The van der Waals surface area contributed by atoms with Crippen molar-refractivity contribution in [1.82, 2.24) is 14.9 Å². The zero-order chi connectivity index (χ0) is 28.0. The normalized spacial score (nSPS) is 13.0. The Balaban J connectivity index is 1.94. The molecule has 0 aliphatic heterocycles. The summed E-state index contributed by atoms with van der Waals surface area (Å²) in [6, 6.07) is 9.60. The molecule has 12 nitrogen and oxygen atoms in total. The van der Waals surface area contributed by atoms with Gasteiger partial charge in [-0.05, 0) is 43.3 Å². The Bertz CT molecular complexity index is 1390. The van der Waals surface area contributed by atoms with Crippen LogP contribution in [0.4, 0.5) is 0 Å². The van der Waals surface area contributed by atoms with Gasteiger partial charge in [0.25, 0.3) is 5.91 Å². The van der Waals surface area contributed by atoms with Crippen LogP contribution in [0.25, 0.3) is 11.3 Å². The second-order valence-corrected chi connectivity index (χ2v) is 10.5. The number of rotatable bonds is 12. The molecule has 0 bridgehead atoms. The minimum absolute atomic E-state index is 0.0871. The molecule has 0 radical (unpaired) electrons. The van der Waals surface area contributed by atoms with E-state index in [0.717, 1.165) is 11.2 Å². The largest absolute Gasteiger partial charge is 0.488 e. The monoisotopic (exact) mass is 547 g/mol. The van der Waals surface area contributed by atoms with E-state index in [-0.39, 0.29) is 22.6 Å². The van der Waals surface area contributed by atoms with E-state index in [1.807, 2.05) is 6.92 Å². The van der Waals surface area contributed by atoms with Crippen molar-refractivity contribution in [3.8, 4) is 28.5 Å². The van der Waals surface area contributed by atoms with Crippen molar-refractivity contribution < 1.29 is 42.4 Å². The number of pyridine rings is 1. The van der Waals surface area contributed by atoms with Crippen molar-refractivity contribution in [2.75, 3.05) is 33.6 Å². The number of carbonyl (C=O) groups excluding carboxylic acids is 1. The van der Waals surface area contributed by atoms with E-state index in [1.54, 1.807) is 31.4 Å². The van der Waals surface area contributed by atoms with Crippen LogP contribution in [0.3, 0.4) is 0 Å². The molecule has 204 valence electrons. The maximum absolute atomic E-state index is 12.8. The third-order valence-corrected chi connectivity index (χ3v) is 6.42. The fraction of sp³-hybridized carbons (Fsp3) is 0.320. The molecule has 3 N–H and O–H groups in total. The maximum atomic E-state index is 12.8. The van der Waals surface area contributed by atoms with Gasteiger partial charge in [0.15, 0.2) is 20.9 Å². The van der Waals surface area contributed by atoms with Gasteiger partial charge in [0.2, 0.25) is 0 Å². The molecule has 0 saturated carbocycles. The van der Waals surface area contributed by atoms with E-state index in [9.17, 15) is 28.2 Å². The molecule has 0 fully saturated rings. The summed E-state index contributed by atoms with van der Waals surface area (Å²) >= 11 is 0. The summed E-state index contributed by atoms with van der Waals surface area (Å²) in [5.74, 6) is -0.869. The summed E-state index contributed by atoms with van der Waals surface area (Å²) in [5, 5.41) is 18.5. The number of carboxylic acids is 1. The van der Waals surface area contributed by atoms with Gasteiger partial charge < -0.3 is 34.3 Å². The zero-order valence-corrected chi connectivity index (χ0v) is 22.1. The number of aromatic amines is 1. The highest BCUT2D eigenvalue weighted by molar-refractivity contribution is 7.90. The first-order valence-corrected chi connectivity index (χ1v) is 13.3. The Morgan fingerprint density at radius 1 is 1.11 bits per heavy atom. The number of sulfone groups is 1. The molecule has 1 aromatic carbocycles. The summed E-state index contributed by atoms with van der Waals surface area (Å²) in [6.07, 6.45) is 2.06. The van der Waals surface area contributed by atoms with Crippen LogP contribution < -0.4 is 9.47 Å². The van der Waals surface area contributed by atoms with Crippen molar-refractivity contribution in [1.29, 1.82) is 0 Å². The molecular formula is C25H29N3O9S. The van der Waals surface area contributed by atoms with Crippen molar-refractivity contribution in [2.24, 2.45) is 0 Å². The van der Waals surface area contributed by atoms with E-state index in [4.69, 9.17) is 14.2 Å². The number of carbonyl (C=O) groups is 2. The molecule has 0 spiro atoms. The maximum Gasteiger partial charge on any atom is 0.328 e. The number of nitrogens with one attached hydrogen (secondary N) is 1. The standard InChI is InChI=1S/C25H29N3O9S/c1-15(14-35-3)36-18-9-16(10-19(11-18)37-17-5-8-23(26-12-17)38(4,33)34)20-6-7-21(27-20)24(30)28(2)22(13-29)25(31)32/h5-12,15,22,27,29H,13-14H2,1-4H3,(H,31,32)/t15-,22?/m0/s1. The number of H-pyrrole nitrogens is 1. The summed E-state index contributed by atoms with van der Waals surface area (Å²) in [7, 11) is -0.620. The number of aliphatic carboxylic acids is 1. The topological polar surface area (TPSA) is 168 Å². The number of nitrogens with zero attached hydrogens (tertiary/aromatic N) is 2. The minimum atomic E-state index is -3.46. The second-order valence-electron chi connectivity index (χ2n) is 8.52. The summed E-state index contributed by atoms with van der Waals surface area (Å²) in [6.45, 7) is 1.43. The fourth-order valence-electron chi connectivity index (χ4n) is 3.52. The molecule has 3 aromatic rings. The molecule has 1 amide bonds. The number of hydrogen-bond acceptors (Lipinski definition) is 9. The van der Waals surface area contributed by atoms with Crippen molar-refractivity contribution in [3.63, 3.8) is 0 Å². The first kappa shape index (κ1) is 28.6. The molecule has 0 aliphatic carbocycles. The number of aliphatic hydroxyl groups excluding tert-OH is 1. The smallest absolute Gasteiger partial charge is 0.328 e. The van der Waals surface area contributed by atoms with Gasteiger partial charge in [0.05, 0.1) is 19.4 Å². The Hall–Kier alpha value is -3.94. The zero-order valence-electron chi connectivity index (χ0n) is 21.2. The minimum Gasteiger partial charge on any atom is -0.488 e. The fourth-order valence-corrected chi connectivity index (χ4v) is 4.08. The van der Waals surface area contributed by atoms with Gasteiger partial charge in [0, 0.05) is 37.7 Å². The lowest BCUT2D eigenvalue weighted by atomic mass is 10.1. The summed E-state index contributed by atoms with van der Waals surface area (Å²) in [5.41, 5.74) is 1.21. The van der Waals surface area contributed by atoms with Crippen LogP contribution in [0, 0.1) is 0 Å². The Morgan fingerprint density at radius 3 is 2.39 bits per heavy atom. The highest BCUT2D eigenvalue weighted by Crippen LogP contribution is 2.33. The van der Waals surface area contributed by atoms with Crippen LogP contribution in [-0.2, 0) is 19.4 Å². The first-order valence-electron chi connectivity index (χ1n) is 11.4. The first-order chi connectivity index (χ1) is 17.9. The van der Waals surface area contributed by atoms with Crippen molar-refractivity contribution in [2.45, 2.75) is 24.1 Å². The Morgan fingerprint density at radius 2 is 1.82 bits per heavy atom. The van der Waals surface area contributed by atoms with Crippen molar-refractivity contribution in [3.05, 3.63) is 54.4 Å². The van der Waals surface area contributed by atoms with Gasteiger partial charge in [-0.1, -0.05) is 0 Å². The summed E-state index contributed by atoms with van der Waals surface area (Å²) < 4.78 is 40.3. The Kier molecular flexibility index (Phi) is 9.09. The number of benzene rings is 1. The lowest BCUT2D eigenvalue weighted by Gasteiger charge is -2.22. The van der Waals surface area contributed by atoms with E-state index >= 15 is 0 Å². The van der Waals surface area contributed by atoms with E-state index in [0.29, 0.717) is 29.4 Å². The lowest BCUT2D eigenvalue weighted by Crippen LogP contribution is -2.44. The molecule has 0 aliphatic rings. The molecule has 13 heteroatoms. The molecule has 2 aromatic heterocycles. The lowest BCUT2D eigenvalue weighted by molar-refractivity contribution is -0.143. The molecule has 38 heavy (non-hydrogen) atoms. The van der Waals surface area contributed by atoms with Gasteiger partial charge in [0.1, 0.15) is 29.0 Å². The summed E-state index contributed by atoms with van der Waals surface area (Å²) in [4.78, 5) is 31.9. The third-order valence-electron chi connectivity index (χ3n) is 5.42. The molecule has 3 rings (SSSR count). The second kappa shape index (κ2) is 12.1.